The summed E-state index contributed by atoms with van der Waals surface area (Å²) in [5, 5.41) is 0. The van der Waals surface area contributed by atoms with Gasteiger partial charge in [-0.05, 0) is 42.2 Å². The van der Waals surface area contributed by atoms with Gasteiger partial charge in [0.25, 0.3) is 5.91 Å². The fourth-order valence-electron chi connectivity index (χ4n) is 5.13. The number of likely N-dealkylation sites (tertiary alicyclic amines) is 1. The minimum Gasteiger partial charge on any atom is -0.373 e. The number of ether oxygens (including phenoxy) is 1. The highest BCUT2D eigenvalue weighted by atomic mass is 16.5. The summed E-state index contributed by atoms with van der Waals surface area (Å²) >= 11 is 0. The molecule has 2 bridgehead atoms. The van der Waals surface area contributed by atoms with E-state index in [4.69, 9.17) is 10.5 Å². The van der Waals surface area contributed by atoms with Crippen LogP contribution in [0.15, 0.2) is 42.9 Å². The minimum absolute atomic E-state index is 0.305. The second-order valence-electron chi connectivity index (χ2n) is 7.67. The van der Waals surface area contributed by atoms with Crippen molar-refractivity contribution < 1.29 is 9.53 Å². The molecule has 6 heteroatoms. The van der Waals surface area contributed by atoms with Crippen LogP contribution in [0.5, 0.6) is 0 Å². The second kappa shape index (κ2) is 7.37. The molecule has 1 aliphatic carbocycles. The number of hydrogen-bond acceptors (Lipinski definition) is 5. The largest absolute Gasteiger partial charge is 0.373 e. The van der Waals surface area contributed by atoms with Gasteiger partial charge in [0.05, 0.1) is 0 Å². The average molecular weight is 366 g/mol. The van der Waals surface area contributed by atoms with Crippen LogP contribution < -0.4 is 5.73 Å². The maximum Gasteiger partial charge on any atom is 0.267 e. The molecule has 1 saturated heterocycles. The Balaban J connectivity index is 1.64. The summed E-state index contributed by atoms with van der Waals surface area (Å²) in [6.45, 7) is 2.84. The van der Waals surface area contributed by atoms with E-state index in [1.165, 1.54) is 12.0 Å². The Bertz CT molecular complexity index is 797. The summed E-state index contributed by atoms with van der Waals surface area (Å²) in [7, 11) is 1.80. The molecular formula is C21H26N4O2. The molecule has 3 heterocycles. The number of aromatic nitrogens is 2. The van der Waals surface area contributed by atoms with E-state index in [0.717, 1.165) is 38.0 Å². The van der Waals surface area contributed by atoms with Crippen molar-refractivity contribution in [2.24, 2.45) is 17.6 Å². The van der Waals surface area contributed by atoms with Gasteiger partial charge in [0.15, 0.2) is 0 Å². The molecule has 2 aromatic rings. The predicted molar refractivity (Wildman–Crippen MR) is 102 cm³/mol. The predicted octanol–water partition coefficient (Wildman–Crippen LogP) is 2.35. The first-order valence-electron chi connectivity index (χ1n) is 9.56. The molecule has 142 valence electrons. The van der Waals surface area contributed by atoms with Crippen LogP contribution >= 0.6 is 0 Å². The van der Waals surface area contributed by atoms with Gasteiger partial charge in [0, 0.05) is 57.2 Å². The monoisotopic (exact) mass is 366 g/mol. The van der Waals surface area contributed by atoms with Crippen molar-refractivity contribution >= 4 is 5.91 Å². The Labute approximate surface area is 159 Å². The van der Waals surface area contributed by atoms with E-state index in [9.17, 15) is 4.79 Å². The third kappa shape index (κ3) is 3.24. The molecule has 2 aliphatic rings. The van der Waals surface area contributed by atoms with Crippen molar-refractivity contribution in [3.8, 4) is 0 Å². The first-order valence-corrected chi connectivity index (χ1v) is 9.56. The Morgan fingerprint density at radius 3 is 2.70 bits per heavy atom. The number of piperidine rings is 1. The van der Waals surface area contributed by atoms with Gasteiger partial charge < -0.3 is 10.5 Å². The Kier molecular flexibility index (Phi) is 4.93. The van der Waals surface area contributed by atoms with Crippen LogP contribution in [0.1, 0.15) is 40.9 Å². The highest BCUT2D eigenvalue weighted by Crippen LogP contribution is 2.51. The van der Waals surface area contributed by atoms with Crippen molar-refractivity contribution in [2.45, 2.75) is 31.4 Å². The minimum atomic E-state index is -0.498. The summed E-state index contributed by atoms with van der Waals surface area (Å²) in [6.07, 6.45) is 8.87. The lowest BCUT2D eigenvalue weighted by Crippen LogP contribution is -2.58. The summed E-state index contributed by atoms with van der Waals surface area (Å²) in [6, 6.07) is 7.93. The highest BCUT2D eigenvalue weighted by Gasteiger charge is 2.53. The number of fused-ring (bicyclic) bond motifs is 2. The Morgan fingerprint density at radius 1 is 1.30 bits per heavy atom. The molecule has 1 unspecified atom stereocenters. The lowest BCUT2D eigenvalue weighted by molar-refractivity contribution is -0.170. The van der Waals surface area contributed by atoms with Crippen molar-refractivity contribution in [3.05, 3.63) is 59.7 Å². The Hall–Kier alpha value is -2.31. The van der Waals surface area contributed by atoms with Gasteiger partial charge in [-0.25, -0.2) is 0 Å². The maximum absolute atomic E-state index is 11.6. The number of nitrogens with two attached hydrogens (primary N) is 1. The number of amides is 1. The molecule has 6 nitrogen and oxygen atoms in total. The molecule has 2 N–H and O–H groups in total. The topological polar surface area (TPSA) is 81.3 Å². The smallest absolute Gasteiger partial charge is 0.267 e. The summed E-state index contributed by atoms with van der Waals surface area (Å²) in [4.78, 5) is 22.5. The van der Waals surface area contributed by atoms with E-state index in [1.54, 1.807) is 13.3 Å². The molecule has 0 spiro atoms. The van der Waals surface area contributed by atoms with Crippen LogP contribution in [0.25, 0.3) is 0 Å². The third-order valence-corrected chi connectivity index (χ3v) is 6.21. The van der Waals surface area contributed by atoms with E-state index in [1.807, 2.05) is 30.6 Å². The summed E-state index contributed by atoms with van der Waals surface area (Å²) < 4.78 is 6.25. The molecule has 2 aromatic heterocycles. The molecule has 2 fully saturated rings. The zero-order valence-electron chi connectivity index (χ0n) is 15.7. The van der Waals surface area contributed by atoms with E-state index < -0.39 is 5.91 Å². The van der Waals surface area contributed by atoms with Crippen LogP contribution in [0.4, 0.5) is 0 Å². The number of pyridine rings is 2. The number of carbonyl (C=O) groups is 1. The number of carbonyl (C=O) groups excluding carboxylic acids is 1. The number of methoxy groups -OCH3 is 1. The molecule has 1 aliphatic heterocycles. The number of rotatable bonds is 5. The molecular weight excluding hydrogens is 340 g/mol. The second-order valence-corrected chi connectivity index (χ2v) is 7.67. The molecule has 1 saturated carbocycles. The van der Waals surface area contributed by atoms with Crippen LogP contribution in [-0.2, 0) is 16.9 Å². The fourth-order valence-corrected chi connectivity index (χ4v) is 5.13. The lowest BCUT2D eigenvalue weighted by Gasteiger charge is -2.55. The summed E-state index contributed by atoms with van der Waals surface area (Å²) in [5.74, 6) is 0.242. The molecule has 1 amide bonds. The molecule has 0 aromatic carbocycles. The van der Waals surface area contributed by atoms with Crippen molar-refractivity contribution in [3.63, 3.8) is 0 Å². The molecule has 3 atom stereocenters. The Morgan fingerprint density at radius 2 is 2.07 bits per heavy atom. The van der Waals surface area contributed by atoms with Gasteiger partial charge in [-0.3, -0.25) is 19.7 Å². The standard InChI is InChI=1S/C21H26N4O2/c1-27-21(16-7-9-24-19(10-16)20(22)26)17-5-2-6-18(21)14-25(13-17)12-15-4-3-8-23-11-15/h3-4,7-11,17-18H,2,5-6,12-14H2,1H3,(H2,22,26)/t17-,18+,21?. The van der Waals surface area contributed by atoms with Crippen LogP contribution in [0.3, 0.4) is 0 Å². The van der Waals surface area contributed by atoms with Crippen LogP contribution in [0, 0.1) is 11.8 Å². The van der Waals surface area contributed by atoms with Gasteiger partial charge in [0.1, 0.15) is 11.3 Å². The average Bonchev–Trinajstić information content (AvgIpc) is 2.68. The SMILES string of the molecule is COC1(c2ccnc(C(N)=O)c2)[C@@H]2CCC[C@H]1CN(Cc1cccnc1)C2. The van der Waals surface area contributed by atoms with Gasteiger partial charge in [-0.15, -0.1) is 0 Å². The number of hydrogen-bond donors (Lipinski definition) is 1. The van der Waals surface area contributed by atoms with Gasteiger partial charge in [-0.2, -0.15) is 0 Å². The van der Waals surface area contributed by atoms with Crippen LogP contribution in [-0.4, -0.2) is 41.0 Å². The number of primary amides is 1. The zero-order chi connectivity index (χ0) is 18.9. The lowest BCUT2D eigenvalue weighted by atomic mass is 9.62. The number of nitrogens with zero attached hydrogens (tertiary/aromatic N) is 3. The van der Waals surface area contributed by atoms with Crippen molar-refractivity contribution in [1.82, 2.24) is 14.9 Å². The fraction of sp³-hybridized carbons (Fsp3) is 0.476. The van der Waals surface area contributed by atoms with Gasteiger partial charge in [-0.1, -0.05) is 12.5 Å². The van der Waals surface area contributed by atoms with Crippen LogP contribution in [0.2, 0.25) is 0 Å². The van der Waals surface area contributed by atoms with Crippen molar-refractivity contribution in [2.75, 3.05) is 20.2 Å². The first kappa shape index (κ1) is 18.1. The summed E-state index contributed by atoms with van der Waals surface area (Å²) in [5.41, 5.74) is 7.66. The maximum atomic E-state index is 11.6. The third-order valence-electron chi connectivity index (χ3n) is 6.21. The zero-order valence-corrected chi connectivity index (χ0v) is 15.7. The molecule has 0 radical (unpaired) electrons. The molecule has 4 rings (SSSR count). The van der Waals surface area contributed by atoms with E-state index >= 15 is 0 Å². The first-order chi connectivity index (χ1) is 13.1. The van der Waals surface area contributed by atoms with Gasteiger partial charge >= 0.3 is 0 Å². The van der Waals surface area contributed by atoms with E-state index in [-0.39, 0.29) is 5.60 Å². The van der Waals surface area contributed by atoms with E-state index in [0.29, 0.717) is 17.5 Å². The normalized spacial score (nSPS) is 28.0. The quantitative estimate of drug-likeness (QED) is 0.878. The van der Waals surface area contributed by atoms with E-state index in [2.05, 4.69) is 20.9 Å². The highest BCUT2D eigenvalue weighted by molar-refractivity contribution is 5.90. The molecule has 27 heavy (non-hydrogen) atoms. The van der Waals surface area contributed by atoms with Crippen molar-refractivity contribution in [1.29, 1.82) is 0 Å². The van der Waals surface area contributed by atoms with Gasteiger partial charge in [0.2, 0.25) is 0 Å².